The monoisotopic (exact) mass is 276 g/mol. The first-order chi connectivity index (χ1) is 7.99. The Balaban J connectivity index is 2.15. The molecule has 3 N–H and O–H groups in total. The molecule has 1 aliphatic heterocycles. The Morgan fingerprint density at radius 1 is 1.35 bits per heavy atom. The molecule has 0 aliphatic carbocycles. The van der Waals surface area contributed by atoms with Crippen molar-refractivity contribution in [3.05, 3.63) is 5.69 Å². The van der Waals surface area contributed by atoms with Crippen LogP contribution in [0.4, 0.5) is 5.13 Å². The second kappa shape index (κ2) is 4.89. The zero-order valence-corrected chi connectivity index (χ0v) is 11.3. The molecule has 0 bridgehead atoms. The third-order valence-corrected chi connectivity index (χ3v) is 5.59. The summed E-state index contributed by atoms with van der Waals surface area (Å²) in [4.78, 5) is 6.52. The van der Waals surface area contributed by atoms with Crippen molar-refractivity contribution in [1.82, 2.24) is 14.8 Å². The van der Waals surface area contributed by atoms with E-state index >= 15 is 0 Å². The van der Waals surface area contributed by atoms with Gasteiger partial charge < -0.3 is 5.73 Å². The first-order valence-corrected chi connectivity index (χ1v) is 7.79. The maximum absolute atomic E-state index is 12.1. The van der Waals surface area contributed by atoms with Crippen LogP contribution in [0.2, 0.25) is 0 Å². The Kier molecular flexibility index (Phi) is 3.67. The van der Waals surface area contributed by atoms with E-state index in [1.165, 1.54) is 0 Å². The Bertz CT molecular complexity index is 491. The van der Waals surface area contributed by atoms with Crippen molar-refractivity contribution in [3.63, 3.8) is 0 Å². The maximum atomic E-state index is 12.1. The zero-order valence-electron chi connectivity index (χ0n) is 9.64. The number of piperidine rings is 1. The van der Waals surface area contributed by atoms with Crippen molar-refractivity contribution in [3.8, 4) is 0 Å². The van der Waals surface area contributed by atoms with E-state index in [1.54, 1.807) is 11.9 Å². The van der Waals surface area contributed by atoms with Crippen molar-refractivity contribution in [2.45, 2.75) is 30.4 Å². The molecule has 0 atom stereocenters. The van der Waals surface area contributed by atoms with Gasteiger partial charge in [0, 0.05) is 13.1 Å². The highest BCUT2D eigenvalue weighted by molar-refractivity contribution is 7.91. The van der Waals surface area contributed by atoms with Crippen molar-refractivity contribution in [2.24, 2.45) is 0 Å². The van der Waals surface area contributed by atoms with E-state index in [1.807, 2.05) is 0 Å². The Morgan fingerprint density at radius 3 is 2.53 bits per heavy atom. The molecule has 6 nitrogen and oxygen atoms in total. The number of hydrazine groups is 1. The minimum absolute atomic E-state index is 0.209. The molecule has 0 aromatic carbocycles. The number of aryl methyl sites for hydroxylation is 1. The molecule has 17 heavy (non-hydrogen) atoms. The molecule has 0 radical (unpaired) electrons. The molecule has 1 aliphatic rings. The summed E-state index contributed by atoms with van der Waals surface area (Å²) in [6.45, 7) is 3.16. The SMILES string of the molecule is Cc1nc(N)sc1S(=O)(=O)NN1CCCCC1. The lowest BCUT2D eigenvalue weighted by molar-refractivity contribution is 0.200. The van der Waals surface area contributed by atoms with Gasteiger partial charge in [0.25, 0.3) is 10.0 Å². The van der Waals surface area contributed by atoms with E-state index < -0.39 is 10.0 Å². The lowest BCUT2D eigenvalue weighted by atomic mass is 10.2. The predicted octanol–water partition coefficient (Wildman–Crippen LogP) is 0.713. The molecular weight excluding hydrogens is 260 g/mol. The molecule has 0 unspecified atom stereocenters. The molecule has 2 rings (SSSR count). The van der Waals surface area contributed by atoms with Crippen LogP contribution in [-0.2, 0) is 10.0 Å². The third-order valence-electron chi connectivity index (χ3n) is 2.62. The van der Waals surface area contributed by atoms with Crippen LogP contribution in [0.25, 0.3) is 0 Å². The fourth-order valence-corrected chi connectivity index (χ4v) is 4.26. The summed E-state index contributed by atoms with van der Waals surface area (Å²) in [7, 11) is -3.52. The summed E-state index contributed by atoms with van der Waals surface area (Å²) >= 11 is 0.999. The Hall–Kier alpha value is -0.700. The van der Waals surface area contributed by atoms with E-state index in [9.17, 15) is 8.42 Å². The van der Waals surface area contributed by atoms with Crippen LogP contribution in [0, 0.1) is 6.92 Å². The minimum Gasteiger partial charge on any atom is -0.375 e. The highest BCUT2D eigenvalue weighted by Crippen LogP contribution is 2.25. The van der Waals surface area contributed by atoms with Crippen molar-refractivity contribution >= 4 is 26.5 Å². The lowest BCUT2D eigenvalue weighted by Gasteiger charge is -2.26. The molecular formula is C9H16N4O2S2. The fourth-order valence-electron chi connectivity index (χ4n) is 1.85. The summed E-state index contributed by atoms with van der Waals surface area (Å²) in [5, 5.41) is 2.02. The van der Waals surface area contributed by atoms with Gasteiger partial charge in [-0.3, -0.25) is 0 Å². The van der Waals surface area contributed by atoms with Crippen LogP contribution < -0.4 is 10.6 Å². The predicted molar refractivity (Wildman–Crippen MR) is 67.0 cm³/mol. The fraction of sp³-hybridized carbons (Fsp3) is 0.667. The number of nitrogens with two attached hydrogens (primary N) is 1. The number of hydrogen-bond donors (Lipinski definition) is 2. The van der Waals surface area contributed by atoms with Crippen LogP contribution in [-0.4, -0.2) is 31.5 Å². The molecule has 0 amide bonds. The summed E-state index contributed by atoms with van der Waals surface area (Å²) in [6, 6.07) is 0. The van der Waals surface area contributed by atoms with E-state index in [4.69, 9.17) is 5.73 Å². The number of anilines is 1. The highest BCUT2D eigenvalue weighted by atomic mass is 32.2. The molecule has 8 heteroatoms. The van der Waals surface area contributed by atoms with Gasteiger partial charge in [-0.15, -0.1) is 4.83 Å². The molecule has 1 fully saturated rings. The van der Waals surface area contributed by atoms with E-state index in [0.717, 1.165) is 43.7 Å². The van der Waals surface area contributed by atoms with Gasteiger partial charge in [-0.1, -0.05) is 17.8 Å². The number of thiazole rings is 1. The molecule has 1 aromatic rings. The van der Waals surface area contributed by atoms with Gasteiger partial charge >= 0.3 is 0 Å². The van der Waals surface area contributed by atoms with Crippen LogP contribution in [0.3, 0.4) is 0 Å². The molecule has 1 aromatic heterocycles. The van der Waals surface area contributed by atoms with Crippen molar-refractivity contribution in [1.29, 1.82) is 0 Å². The number of nitrogens with zero attached hydrogens (tertiary/aromatic N) is 2. The van der Waals surface area contributed by atoms with Crippen molar-refractivity contribution < 1.29 is 8.42 Å². The molecule has 0 spiro atoms. The zero-order chi connectivity index (χ0) is 12.5. The summed E-state index contributed by atoms with van der Waals surface area (Å²) in [5.74, 6) is 0. The van der Waals surface area contributed by atoms with Gasteiger partial charge in [-0.2, -0.15) is 0 Å². The molecule has 96 valence electrons. The second-order valence-corrected chi connectivity index (χ2v) is 6.95. The van der Waals surface area contributed by atoms with Crippen LogP contribution in [0.15, 0.2) is 4.21 Å². The average Bonchev–Trinajstić information content (AvgIpc) is 2.59. The van der Waals surface area contributed by atoms with E-state index in [0.29, 0.717) is 5.69 Å². The van der Waals surface area contributed by atoms with Gasteiger partial charge in [-0.25, -0.2) is 18.4 Å². The first kappa shape index (κ1) is 12.7. The second-order valence-electron chi connectivity index (χ2n) is 4.07. The minimum atomic E-state index is -3.52. The number of nitrogen functional groups attached to an aromatic ring is 1. The number of nitrogens with one attached hydrogen (secondary N) is 1. The topological polar surface area (TPSA) is 88.3 Å². The van der Waals surface area contributed by atoms with Gasteiger partial charge in [0.1, 0.15) is 0 Å². The van der Waals surface area contributed by atoms with Crippen LogP contribution in [0.1, 0.15) is 25.0 Å². The number of rotatable bonds is 3. The van der Waals surface area contributed by atoms with Crippen molar-refractivity contribution in [2.75, 3.05) is 18.8 Å². The van der Waals surface area contributed by atoms with Gasteiger partial charge in [0.15, 0.2) is 9.34 Å². The summed E-state index contributed by atoms with van der Waals surface area (Å²) < 4.78 is 24.4. The molecule has 0 saturated carbocycles. The largest absolute Gasteiger partial charge is 0.375 e. The van der Waals surface area contributed by atoms with Gasteiger partial charge in [0.2, 0.25) is 0 Å². The Labute approximate surface area is 105 Å². The van der Waals surface area contributed by atoms with Gasteiger partial charge in [-0.05, 0) is 19.8 Å². The normalized spacial score (nSPS) is 18.4. The third kappa shape index (κ3) is 2.95. The summed E-state index contributed by atoms with van der Waals surface area (Å²) in [5.41, 5.74) is 5.97. The first-order valence-electron chi connectivity index (χ1n) is 5.49. The maximum Gasteiger partial charge on any atom is 0.264 e. The Morgan fingerprint density at radius 2 is 2.00 bits per heavy atom. The van der Waals surface area contributed by atoms with Crippen LogP contribution in [0.5, 0.6) is 0 Å². The van der Waals surface area contributed by atoms with Gasteiger partial charge in [0.05, 0.1) is 5.69 Å². The van der Waals surface area contributed by atoms with Crippen LogP contribution >= 0.6 is 11.3 Å². The number of sulfonamides is 1. The smallest absolute Gasteiger partial charge is 0.264 e. The highest BCUT2D eigenvalue weighted by Gasteiger charge is 2.24. The quantitative estimate of drug-likeness (QED) is 0.849. The lowest BCUT2D eigenvalue weighted by Crippen LogP contribution is -2.44. The number of aromatic nitrogens is 1. The molecule has 1 saturated heterocycles. The van der Waals surface area contributed by atoms with E-state index in [-0.39, 0.29) is 9.34 Å². The standard InChI is InChI=1S/C9H16N4O2S2/c1-7-8(16-9(10)11-7)17(14,15)12-13-5-3-2-4-6-13/h12H,2-6H2,1H3,(H2,10,11). The average molecular weight is 276 g/mol. The van der Waals surface area contributed by atoms with E-state index in [2.05, 4.69) is 9.82 Å². The number of hydrogen-bond acceptors (Lipinski definition) is 6. The summed E-state index contributed by atoms with van der Waals surface area (Å²) in [6.07, 6.45) is 3.20. The molecule has 2 heterocycles.